The third kappa shape index (κ3) is 3.96. The van der Waals surface area contributed by atoms with Crippen LogP contribution < -0.4 is 0 Å². The Bertz CT molecular complexity index is 2780. The minimum Gasteiger partial charge on any atom is -0.313 e. The Kier molecular flexibility index (Phi) is 6.11. The maximum absolute atomic E-state index is 2.69. The van der Waals surface area contributed by atoms with Crippen molar-refractivity contribution in [2.24, 2.45) is 11.8 Å². The van der Waals surface area contributed by atoms with Gasteiger partial charge in [-0.1, -0.05) is 96.7 Å². The summed E-state index contributed by atoms with van der Waals surface area (Å²) >= 11 is 0. The molecule has 4 aromatic carbocycles. The summed E-state index contributed by atoms with van der Waals surface area (Å²) in [6.07, 6.45) is 30.4. The predicted octanol–water partition coefficient (Wildman–Crippen LogP) is 12.7. The summed E-state index contributed by atoms with van der Waals surface area (Å²) in [4.78, 5) is 0. The highest BCUT2D eigenvalue weighted by atomic mass is 15.0. The van der Waals surface area contributed by atoms with Crippen LogP contribution in [0.5, 0.6) is 0 Å². The monoisotopic (exact) mass is 668 g/mol. The van der Waals surface area contributed by atoms with Gasteiger partial charge in [0.05, 0.1) is 16.6 Å². The molecule has 250 valence electrons. The molecule has 2 heterocycles. The van der Waals surface area contributed by atoms with E-state index in [9.17, 15) is 0 Å². The molecule has 6 aliphatic carbocycles. The molecule has 0 bridgehead atoms. The van der Waals surface area contributed by atoms with E-state index < -0.39 is 0 Å². The van der Waals surface area contributed by atoms with Crippen molar-refractivity contribution < 1.29 is 0 Å². The third-order valence-corrected chi connectivity index (χ3v) is 13.0. The van der Waals surface area contributed by atoms with Crippen LogP contribution in [0.15, 0.2) is 144 Å². The molecule has 52 heavy (non-hydrogen) atoms. The largest absolute Gasteiger partial charge is 0.313 e. The van der Waals surface area contributed by atoms with Crippen molar-refractivity contribution in [1.82, 2.24) is 9.13 Å². The molecule has 2 aromatic heterocycles. The molecule has 0 radical (unpaired) electrons. The van der Waals surface area contributed by atoms with Gasteiger partial charge in [-0.15, -0.1) is 0 Å². The fourth-order valence-electron chi connectivity index (χ4n) is 10.9. The minimum atomic E-state index is 0.519. The summed E-state index contributed by atoms with van der Waals surface area (Å²) in [6, 6.07) is 30.3. The van der Waals surface area contributed by atoms with Crippen LogP contribution in [0.25, 0.3) is 67.4 Å². The molecular weight excluding hydrogens is 629 g/mol. The van der Waals surface area contributed by atoms with Gasteiger partial charge in [0.2, 0.25) is 0 Å². The van der Waals surface area contributed by atoms with Crippen LogP contribution in [0.4, 0.5) is 0 Å². The van der Waals surface area contributed by atoms with Gasteiger partial charge in [-0.2, -0.15) is 0 Å². The second kappa shape index (κ2) is 11.0. The van der Waals surface area contributed by atoms with Crippen molar-refractivity contribution >= 4 is 50.6 Å². The molecule has 0 aliphatic heterocycles. The van der Waals surface area contributed by atoms with Crippen LogP contribution >= 0.6 is 0 Å². The van der Waals surface area contributed by atoms with Gasteiger partial charge in [0.15, 0.2) is 0 Å². The number of benzene rings is 4. The van der Waals surface area contributed by atoms with Gasteiger partial charge in [0.1, 0.15) is 0 Å². The van der Waals surface area contributed by atoms with E-state index in [1.165, 1.54) is 77.6 Å². The topological polar surface area (TPSA) is 9.86 Å². The highest BCUT2D eigenvalue weighted by Gasteiger charge is 2.41. The molecule has 0 fully saturated rings. The molecule has 2 nitrogen and oxygen atoms in total. The number of para-hydroxylation sites is 1. The molecule has 0 spiro atoms. The molecule has 0 N–H and O–H groups in total. The maximum Gasteiger partial charge on any atom is 0.0544 e. The summed E-state index contributed by atoms with van der Waals surface area (Å²) in [5.74, 6) is 1.06. The lowest BCUT2D eigenvalue weighted by Crippen LogP contribution is -2.12. The first-order valence-electron chi connectivity index (χ1n) is 19.5. The van der Waals surface area contributed by atoms with Crippen LogP contribution in [-0.4, -0.2) is 9.13 Å². The number of aryl methyl sites for hydroxylation is 1. The van der Waals surface area contributed by atoms with Crippen LogP contribution in [0.1, 0.15) is 60.9 Å². The van der Waals surface area contributed by atoms with Crippen molar-refractivity contribution in [3.05, 3.63) is 166 Å². The lowest BCUT2D eigenvalue weighted by Gasteiger charge is -2.28. The molecule has 2 unspecified atom stereocenters. The normalized spacial score (nSPS) is 21.3. The average molecular weight is 669 g/mol. The first-order valence-corrected chi connectivity index (χ1v) is 19.5. The SMILES string of the molecule is C1=CC2C3=CCCC4=C(n5c6ccc(-c7ccc8c(c7)c7c(n8-c8ccccc8)CCC=C7)cc6c6c7c(ccc65)CCC=C7)CCC(=C34)C2C=C1. The molecular formula is C50H40N2. The van der Waals surface area contributed by atoms with E-state index in [0.717, 1.165) is 51.4 Å². The molecule has 0 saturated carbocycles. The zero-order valence-electron chi connectivity index (χ0n) is 29.4. The third-order valence-electron chi connectivity index (χ3n) is 13.0. The van der Waals surface area contributed by atoms with E-state index in [1.54, 1.807) is 22.3 Å². The predicted molar refractivity (Wildman–Crippen MR) is 218 cm³/mol. The van der Waals surface area contributed by atoms with Crippen molar-refractivity contribution in [2.75, 3.05) is 0 Å². The standard InChI is InChI=1S/C50H40N2/c1-2-12-34(13-3-1)51-44-20-9-8-17-38(44)42-29-32(22-25-46(42)51)33-23-26-47-43(30-33)50-35-14-5-4-11-31(35)21-27-48(50)52(47)45-28-24-40-37-16-7-6-15-36(37)39-18-10-19-41(45)49(39)40/h1-3,5-8,12-18,21-23,25-27,29-30,36-37H,4,9-11,19-20,24,28H2. The molecule has 0 amide bonds. The fourth-order valence-corrected chi connectivity index (χ4v) is 10.9. The van der Waals surface area contributed by atoms with E-state index in [0.29, 0.717) is 11.8 Å². The van der Waals surface area contributed by atoms with Gasteiger partial charge >= 0.3 is 0 Å². The van der Waals surface area contributed by atoms with E-state index in [4.69, 9.17) is 0 Å². The second-order valence-electron chi connectivity index (χ2n) is 15.6. The Hall–Kier alpha value is -5.60. The van der Waals surface area contributed by atoms with Crippen LogP contribution in [0.3, 0.4) is 0 Å². The number of rotatable bonds is 3. The Morgan fingerprint density at radius 2 is 1.33 bits per heavy atom. The highest BCUT2D eigenvalue weighted by Crippen LogP contribution is 2.56. The van der Waals surface area contributed by atoms with Crippen LogP contribution in [-0.2, 0) is 12.8 Å². The number of hydrogen-bond acceptors (Lipinski definition) is 0. The first-order chi connectivity index (χ1) is 25.8. The zero-order chi connectivity index (χ0) is 33.9. The summed E-state index contributed by atoms with van der Waals surface area (Å²) in [5, 5.41) is 4.15. The number of fused-ring (bicyclic) bond motifs is 11. The molecule has 0 saturated heterocycles. The zero-order valence-corrected chi connectivity index (χ0v) is 29.4. The van der Waals surface area contributed by atoms with E-state index in [2.05, 4.69) is 143 Å². The van der Waals surface area contributed by atoms with Gasteiger partial charge in [-0.05, 0) is 133 Å². The van der Waals surface area contributed by atoms with Gasteiger partial charge in [0, 0.05) is 50.6 Å². The minimum absolute atomic E-state index is 0.519. The molecule has 2 heteroatoms. The van der Waals surface area contributed by atoms with Crippen LogP contribution in [0.2, 0.25) is 0 Å². The van der Waals surface area contributed by atoms with Gasteiger partial charge in [0.25, 0.3) is 0 Å². The van der Waals surface area contributed by atoms with E-state index >= 15 is 0 Å². The number of aromatic nitrogens is 2. The number of hydrogen-bond donors (Lipinski definition) is 0. The second-order valence-corrected chi connectivity index (χ2v) is 15.6. The highest BCUT2D eigenvalue weighted by molar-refractivity contribution is 6.15. The van der Waals surface area contributed by atoms with E-state index in [1.807, 2.05) is 0 Å². The summed E-state index contributed by atoms with van der Waals surface area (Å²) < 4.78 is 5.18. The Labute approximate surface area is 304 Å². The maximum atomic E-state index is 2.69. The van der Waals surface area contributed by atoms with Gasteiger partial charge < -0.3 is 9.13 Å². The number of allylic oxidation sites excluding steroid dienone is 12. The Morgan fingerprint density at radius 3 is 2.19 bits per heavy atom. The van der Waals surface area contributed by atoms with E-state index in [-0.39, 0.29) is 0 Å². The summed E-state index contributed by atoms with van der Waals surface area (Å²) in [5.41, 5.74) is 21.6. The lowest BCUT2D eigenvalue weighted by atomic mass is 9.81. The number of nitrogens with zero attached hydrogens (tertiary/aromatic N) is 2. The molecule has 12 rings (SSSR count). The Morgan fingerprint density at radius 1 is 0.577 bits per heavy atom. The van der Waals surface area contributed by atoms with Crippen molar-refractivity contribution in [3.8, 4) is 16.8 Å². The van der Waals surface area contributed by atoms with Crippen molar-refractivity contribution in [3.63, 3.8) is 0 Å². The lowest BCUT2D eigenvalue weighted by molar-refractivity contribution is 0.623. The smallest absolute Gasteiger partial charge is 0.0544 e. The van der Waals surface area contributed by atoms with Crippen molar-refractivity contribution in [2.45, 2.75) is 51.4 Å². The van der Waals surface area contributed by atoms with Crippen LogP contribution in [0, 0.1) is 11.8 Å². The molecule has 6 aromatic rings. The molecule has 2 atom stereocenters. The van der Waals surface area contributed by atoms with Gasteiger partial charge in [-0.3, -0.25) is 0 Å². The fraction of sp³-hybridized carbons (Fsp3) is 0.200. The Balaban J connectivity index is 1.08. The summed E-state index contributed by atoms with van der Waals surface area (Å²) in [7, 11) is 0. The summed E-state index contributed by atoms with van der Waals surface area (Å²) in [6.45, 7) is 0. The molecule has 6 aliphatic rings. The first kappa shape index (κ1) is 29.0. The average Bonchev–Trinajstić information content (AvgIpc) is 3.85. The van der Waals surface area contributed by atoms with Gasteiger partial charge in [-0.25, -0.2) is 0 Å². The van der Waals surface area contributed by atoms with Crippen molar-refractivity contribution in [1.29, 1.82) is 0 Å². The quantitative estimate of drug-likeness (QED) is 0.178.